The molecule has 0 aromatic heterocycles. The Morgan fingerprint density at radius 1 is 0.933 bits per heavy atom. The second kappa shape index (κ2) is 10.2. The van der Waals surface area contributed by atoms with E-state index in [1.165, 1.54) is 0 Å². The summed E-state index contributed by atoms with van der Waals surface area (Å²) in [5.74, 6) is 0.552. The fraction of sp³-hybridized carbons (Fsp3) is 0.318. The van der Waals surface area contributed by atoms with Crippen LogP contribution in [0.5, 0.6) is 11.5 Å². The second-order valence-electron chi connectivity index (χ2n) is 6.89. The quantitative estimate of drug-likeness (QED) is 0.569. The highest BCUT2D eigenvalue weighted by Crippen LogP contribution is 2.31. The first kappa shape index (κ1) is 21.8. The minimum atomic E-state index is -0.271. The average Bonchev–Trinajstić information content (AvgIpc) is 2.74. The van der Waals surface area contributed by atoms with Gasteiger partial charge < -0.3 is 20.1 Å². The molecule has 0 spiro atoms. The van der Waals surface area contributed by atoms with Gasteiger partial charge in [0.15, 0.2) is 17.3 Å². The monoisotopic (exact) mass is 474 g/mol. The molecule has 2 N–H and O–H groups in total. The Balaban J connectivity index is 1.39. The van der Waals surface area contributed by atoms with Gasteiger partial charge in [-0.25, -0.2) is 0 Å². The SMILES string of the molecule is Cc1ccc(Br)cc1NC(=O)CCNC(=O)CCC(=O)c1ccc2c(c1)OCCO2. The molecule has 7 nitrogen and oxygen atoms in total. The van der Waals surface area contributed by atoms with Crippen molar-refractivity contribution >= 4 is 39.2 Å². The van der Waals surface area contributed by atoms with Crippen molar-refractivity contribution in [2.24, 2.45) is 0 Å². The lowest BCUT2D eigenvalue weighted by molar-refractivity contribution is -0.121. The highest BCUT2D eigenvalue weighted by molar-refractivity contribution is 9.10. The molecule has 0 aliphatic carbocycles. The zero-order chi connectivity index (χ0) is 21.5. The van der Waals surface area contributed by atoms with E-state index >= 15 is 0 Å². The molecule has 158 valence electrons. The van der Waals surface area contributed by atoms with Crippen LogP contribution in [0.15, 0.2) is 40.9 Å². The normalized spacial score (nSPS) is 12.2. The Bertz CT molecular complexity index is 961. The average molecular weight is 475 g/mol. The first-order chi connectivity index (χ1) is 14.4. The molecule has 1 aliphatic rings. The number of nitrogens with one attached hydrogen (secondary N) is 2. The van der Waals surface area contributed by atoms with Crippen LogP contribution in [0.25, 0.3) is 0 Å². The van der Waals surface area contributed by atoms with Crippen molar-refractivity contribution in [2.75, 3.05) is 25.1 Å². The van der Waals surface area contributed by atoms with Crippen LogP contribution in [0, 0.1) is 6.92 Å². The number of halogens is 1. The van der Waals surface area contributed by atoms with Crippen LogP contribution in [0.2, 0.25) is 0 Å². The molecule has 0 radical (unpaired) electrons. The molecule has 30 heavy (non-hydrogen) atoms. The summed E-state index contributed by atoms with van der Waals surface area (Å²) in [7, 11) is 0. The zero-order valence-corrected chi connectivity index (χ0v) is 18.2. The fourth-order valence-electron chi connectivity index (χ4n) is 2.93. The summed E-state index contributed by atoms with van der Waals surface area (Å²) in [4.78, 5) is 36.4. The third-order valence-electron chi connectivity index (χ3n) is 4.59. The molecule has 1 heterocycles. The van der Waals surface area contributed by atoms with Gasteiger partial charge in [0.25, 0.3) is 0 Å². The van der Waals surface area contributed by atoms with Crippen molar-refractivity contribution in [3.63, 3.8) is 0 Å². The molecule has 2 amide bonds. The molecule has 0 fully saturated rings. The van der Waals surface area contributed by atoms with E-state index in [1.807, 2.05) is 25.1 Å². The number of hydrogen-bond donors (Lipinski definition) is 2. The Labute approximate surface area is 183 Å². The number of hydrogen-bond acceptors (Lipinski definition) is 5. The predicted molar refractivity (Wildman–Crippen MR) is 116 cm³/mol. The third-order valence-corrected chi connectivity index (χ3v) is 5.08. The Morgan fingerprint density at radius 3 is 2.50 bits per heavy atom. The number of carbonyl (C=O) groups excluding carboxylic acids is 3. The molecule has 1 aliphatic heterocycles. The largest absolute Gasteiger partial charge is 0.486 e. The zero-order valence-electron chi connectivity index (χ0n) is 16.6. The second-order valence-corrected chi connectivity index (χ2v) is 7.80. The van der Waals surface area contributed by atoms with Gasteiger partial charge in [-0.15, -0.1) is 0 Å². The van der Waals surface area contributed by atoms with Crippen molar-refractivity contribution in [3.05, 3.63) is 52.0 Å². The maximum atomic E-state index is 12.3. The molecule has 0 unspecified atom stereocenters. The molecular weight excluding hydrogens is 452 g/mol. The summed E-state index contributed by atoms with van der Waals surface area (Å²) in [6.45, 7) is 3.04. The molecule has 0 saturated carbocycles. The molecular formula is C22H23BrN2O5. The molecule has 2 aromatic carbocycles. The predicted octanol–water partition coefficient (Wildman–Crippen LogP) is 3.64. The minimum Gasteiger partial charge on any atom is -0.486 e. The highest BCUT2D eigenvalue weighted by Gasteiger charge is 2.16. The Hall–Kier alpha value is -2.87. The van der Waals surface area contributed by atoms with E-state index in [9.17, 15) is 14.4 Å². The summed E-state index contributed by atoms with van der Waals surface area (Å²) >= 11 is 3.37. The van der Waals surface area contributed by atoms with Crippen molar-refractivity contribution in [1.82, 2.24) is 5.32 Å². The number of aryl methyl sites for hydroxylation is 1. The number of benzene rings is 2. The molecule has 8 heteroatoms. The lowest BCUT2D eigenvalue weighted by Gasteiger charge is -2.18. The van der Waals surface area contributed by atoms with E-state index < -0.39 is 0 Å². The van der Waals surface area contributed by atoms with Gasteiger partial charge in [0.2, 0.25) is 11.8 Å². The lowest BCUT2D eigenvalue weighted by Crippen LogP contribution is -2.28. The van der Waals surface area contributed by atoms with Gasteiger partial charge in [-0.1, -0.05) is 22.0 Å². The molecule has 0 bridgehead atoms. The van der Waals surface area contributed by atoms with Crippen molar-refractivity contribution in [3.8, 4) is 11.5 Å². The summed E-state index contributed by atoms with van der Waals surface area (Å²) in [6, 6.07) is 10.6. The van der Waals surface area contributed by atoms with Crippen LogP contribution in [0.1, 0.15) is 35.2 Å². The highest BCUT2D eigenvalue weighted by atomic mass is 79.9. The van der Waals surface area contributed by atoms with Crippen LogP contribution in [0.3, 0.4) is 0 Å². The Morgan fingerprint density at radius 2 is 1.70 bits per heavy atom. The third kappa shape index (κ3) is 6.06. The fourth-order valence-corrected chi connectivity index (χ4v) is 3.29. The van der Waals surface area contributed by atoms with Gasteiger partial charge in [-0.2, -0.15) is 0 Å². The van der Waals surface area contributed by atoms with Crippen LogP contribution >= 0.6 is 15.9 Å². The standard InChI is InChI=1S/C22H23BrN2O5/c1-14-2-4-16(23)13-17(14)25-22(28)8-9-24-21(27)7-5-18(26)15-3-6-19-20(12-15)30-11-10-29-19/h2-4,6,12-13H,5,7-11H2,1H3,(H,24,27)(H,25,28). The van der Waals surface area contributed by atoms with E-state index in [0.29, 0.717) is 30.3 Å². The minimum absolute atomic E-state index is 0.0552. The van der Waals surface area contributed by atoms with E-state index in [4.69, 9.17) is 9.47 Å². The van der Waals surface area contributed by atoms with Gasteiger partial charge >= 0.3 is 0 Å². The first-order valence-corrected chi connectivity index (χ1v) is 10.5. The number of carbonyl (C=O) groups is 3. The van der Waals surface area contributed by atoms with Gasteiger partial charge in [-0.05, 0) is 42.8 Å². The molecule has 0 atom stereocenters. The number of ketones is 1. The summed E-state index contributed by atoms with van der Waals surface area (Å²) in [5, 5.41) is 5.50. The number of anilines is 1. The first-order valence-electron chi connectivity index (χ1n) is 9.68. The van der Waals surface area contributed by atoms with Crippen LogP contribution < -0.4 is 20.1 Å². The van der Waals surface area contributed by atoms with Crippen molar-refractivity contribution in [2.45, 2.75) is 26.2 Å². The number of fused-ring (bicyclic) bond motifs is 1. The summed E-state index contributed by atoms with van der Waals surface area (Å²) in [6.07, 6.45) is 0.280. The van der Waals surface area contributed by atoms with Crippen LogP contribution in [-0.4, -0.2) is 37.4 Å². The van der Waals surface area contributed by atoms with Gasteiger partial charge in [0, 0.05) is 41.5 Å². The van der Waals surface area contributed by atoms with E-state index in [0.717, 1.165) is 15.7 Å². The molecule has 3 rings (SSSR count). The van der Waals surface area contributed by atoms with Gasteiger partial charge in [0.1, 0.15) is 13.2 Å². The van der Waals surface area contributed by atoms with Crippen molar-refractivity contribution in [1.29, 1.82) is 0 Å². The van der Waals surface area contributed by atoms with Gasteiger partial charge in [0.05, 0.1) is 0 Å². The maximum Gasteiger partial charge on any atom is 0.226 e. The number of amides is 2. The maximum absolute atomic E-state index is 12.3. The van der Waals surface area contributed by atoms with Crippen LogP contribution in [0.4, 0.5) is 5.69 Å². The van der Waals surface area contributed by atoms with E-state index in [1.54, 1.807) is 18.2 Å². The lowest BCUT2D eigenvalue weighted by atomic mass is 10.1. The molecule has 2 aromatic rings. The number of Topliss-reactive ketones (excluding diaryl/α,β-unsaturated/α-hetero) is 1. The number of ether oxygens (including phenoxy) is 2. The van der Waals surface area contributed by atoms with E-state index in [-0.39, 0.29) is 43.4 Å². The smallest absolute Gasteiger partial charge is 0.226 e. The van der Waals surface area contributed by atoms with Crippen molar-refractivity contribution < 1.29 is 23.9 Å². The molecule has 0 saturated heterocycles. The number of rotatable bonds is 8. The Kier molecular flexibility index (Phi) is 7.46. The topological polar surface area (TPSA) is 93.7 Å². The summed E-state index contributed by atoms with van der Waals surface area (Å²) in [5.41, 5.74) is 2.16. The van der Waals surface area contributed by atoms with Crippen LogP contribution in [-0.2, 0) is 9.59 Å². The van der Waals surface area contributed by atoms with E-state index in [2.05, 4.69) is 26.6 Å². The van der Waals surface area contributed by atoms with Gasteiger partial charge in [-0.3, -0.25) is 14.4 Å². The summed E-state index contributed by atoms with van der Waals surface area (Å²) < 4.78 is 11.8.